The summed E-state index contributed by atoms with van der Waals surface area (Å²) in [7, 11) is -3.35. The minimum absolute atomic E-state index is 0.121. The molecule has 1 aliphatic heterocycles. The van der Waals surface area contributed by atoms with Crippen LogP contribution in [-0.2, 0) is 30.8 Å². The van der Waals surface area contributed by atoms with Crippen molar-refractivity contribution in [1.82, 2.24) is 10.2 Å². The van der Waals surface area contributed by atoms with E-state index < -0.39 is 45.3 Å². The van der Waals surface area contributed by atoms with Gasteiger partial charge in [-0.15, -0.1) is 0 Å². The Balaban J connectivity index is 1.93. The predicted molar refractivity (Wildman–Crippen MR) is 111 cm³/mol. The summed E-state index contributed by atoms with van der Waals surface area (Å²) in [6.45, 7) is -0.521. The van der Waals surface area contributed by atoms with Crippen molar-refractivity contribution >= 4 is 27.6 Å². The van der Waals surface area contributed by atoms with Crippen LogP contribution in [0.5, 0.6) is 0 Å². The fourth-order valence-corrected chi connectivity index (χ4v) is 4.99. The van der Waals surface area contributed by atoms with Crippen molar-refractivity contribution in [1.29, 1.82) is 0 Å². The second kappa shape index (κ2) is 8.70. The van der Waals surface area contributed by atoms with Crippen LogP contribution in [0.15, 0.2) is 40.5 Å². The first-order valence-electron chi connectivity index (χ1n) is 10.1. The molecular weight excluding hydrogens is 424 g/mol. The van der Waals surface area contributed by atoms with Crippen LogP contribution < -0.4 is 5.32 Å². The third-order valence-corrected chi connectivity index (χ3v) is 7.05. The molecule has 1 heterocycles. The zero-order chi connectivity index (χ0) is 22.8. The lowest BCUT2D eigenvalue weighted by molar-refractivity contribution is -0.142. The van der Waals surface area contributed by atoms with Gasteiger partial charge in [-0.05, 0) is 30.5 Å². The van der Waals surface area contributed by atoms with Gasteiger partial charge < -0.3 is 20.4 Å². The zero-order valence-corrected chi connectivity index (χ0v) is 18.1. The Bertz CT molecular complexity index is 1020. The minimum Gasteiger partial charge on any atom is -0.511 e. The maximum absolute atomic E-state index is 13.3. The van der Waals surface area contributed by atoms with Gasteiger partial charge in [0.25, 0.3) is 11.8 Å². The normalized spacial score (nSPS) is 18.9. The largest absolute Gasteiger partial charge is 0.511 e. The molecule has 168 valence electrons. The Hall–Kier alpha value is -2.88. The number of carbonyl (C=O) groups is 3. The highest BCUT2D eigenvalue weighted by Crippen LogP contribution is 2.43. The van der Waals surface area contributed by atoms with Crippen molar-refractivity contribution < 1.29 is 33.0 Å². The monoisotopic (exact) mass is 450 g/mol. The van der Waals surface area contributed by atoms with Crippen molar-refractivity contribution in [3.05, 3.63) is 41.2 Å². The number of nitrogens with one attached hydrogen (secondary N) is 1. The van der Waals surface area contributed by atoms with Gasteiger partial charge in [-0.3, -0.25) is 14.4 Å². The number of carboxylic acid groups (broad SMARTS) is 1. The molecule has 1 spiro atoms. The highest BCUT2D eigenvalue weighted by Gasteiger charge is 2.48. The van der Waals surface area contributed by atoms with Crippen LogP contribution >= 0.6 is 0 Å². The summed E-state index contributed by atoms with van der Waals surface area (Å²) >= 11 is 0. The number of aliphatic hydroxyl groups is 1. The lowest BCUT2D eigenvalue weighted by Crippen LogP contribution is -2.57. The number of benzene rings is 1. The van der Waals surface area contributed by atoms with E-state index in [0.29, 0.717) is 18.4 Å². The highest BCUT2D eigenvalue weighted by atomic mass is 32.2. The summed E-state index contributed by atoms with van der Waals surface area (Å²) in [5.41, 5.74) is -0.381. The Morgan fingerprint density at radius 3 is 2.29 bits per heavy atom. The molecule has 1 aromatic rings. The molecule has 0 saturated heterocycles. The van der Waals surface area contributed by atoms with Crippen LogP contribution in [0.2, 0.25) is 0 Å². The van der Waals surface area contributed by atoms with E-state index in [4.69, 9.17) is 5.11 Å². The standard InChI is InChI=1S/C21H26N2O7S/c1-31(29,30)15-7-5-14(6-8-15)13-23-20(28)18(19(27)22-12-17(25)26)16(24)11-21(23)9-3-2-4-10-21/h5-8,24H,2-4,9-13H2,1H3,(H,22,27)(H,25,26). The Morgan fingerprint density at radius 1 is 1.13 bits per heavy atom. The SMILES string of the molecule is CS(=O)(=O)c1ccc(CN2C(=O)C(C(=O)NCC(=O)O)=C(O)CC23CCCCC3)cc1. The number of hydrogen-bond acceptors (Lipinski definition) is 6. The molecule has 1 saturated carbocycles. The molecule has 0 bridgehead atoms. The van der Waals surface area contributed by atoms with Crippen molar-refractivity contribution in [3.8, 4) is 0 Å². The number of carboxylic acids is 1. The molecule has 0 atom stereocenters. The number of hydrogen-bond donors (Lipinski definition) is 3. The number of nitrogens with zero attached hydrogens (tertiary/aromatic N) is 1. The summed E-state index contributed by atoms with van der Waals surface area (Å²) < 4.78 is 23.4. The average molecular weight is 451 g/mol. The van der Waals surface area contributed by atoms with Gasteiger partial charge in [0.2, 0.25) is 0 Å². The number of rotatable bonds is 6. The molecule has 0 radical (unpaired) electrons. The molecule has 0 unspecified atom stereocenters. The van der Waals surface area contributed by atoms with E-state index in [9.17, 15) is 27.9 Å². The molecule has 1 fully saturated rings. The van der Waals surface area contributed by atoms with Crippen LogP contribution in [0.4, 0.5) is 0 Å². The second-order valence-corrected chi connectivity index (χ2v) is 10.2. The van der Waals surface area contributed by atoms with Crippen molar-refractivity contribution in [2.45, 2.75) is 55.5 Å². The molecule has 1 aliphatic carbocycles. The van der Waals surface area contributed by atoms with Crippen LogP contribution in [0.3, 0.4) is 0 Å². The molecule has 0 aromatic heterocycles. The lowest BCUT2D eigenvalue weighted by Gasteiger charge is -2.49. The van der Waals surface area contributed by atoms with Crippen LogP contribution in [-0.4, -0.2) is 59.7 Å². The first-order valence-corrected chi connectivity index (χ1v) is 12.0. The minimum atomic E-state index is -3.35. The summed E-state index contributed by atoms with van der Waals surface area (Å²) in [4.78, 5) is 38.3. The summed E-state index contributed by atoms with van der Waals surface area (Å²) in [5, 5.41) is 21.5. The molecule has 10 heteroatoms. The molecule has 3 N–H and O–H groups in total. The average Bonchev–Trinajstić information content (AvgIpc) is 2.70. The van der Waals surface area contributed by atoms with Gasteiger partial charge in [-0.1, -0.05) is 31.4 Å². The lowest BCUT2D eigenvalue weighted by atomic mass is 9.74. The molecule has 2 amide bonds. The Kier molecular flexibility index (Phi) is 6.40. The summed E-state index contributed by atoms with van der Waals surface area (Å²) in [5.74, 6) is -3.16. The number of amides is 2. The molecule has 1 aromatic carbocycles. The van der Waals surface area contributed by atoms with Gasteiger partial charge in [0.1, 0.15) is 17.9 Å². The second-order valence-electron chi connectivity index (χ2n) is 8.17. The van der Waals surface area contributed by atoms with Gasteiger partial charge in [-0.2, -0.15) is 0 Å². The maximum Gasteiger partial charge on any atom is 0.322 e. The van der Waals surface area contributed by atoms with E-state index >= 15 is 0 Å². The number of carbonyl (C=O) groups excluding carboxylic acids is 2. The third-order valence-electron chi connectivity index (χ3n) is 5.92. The van der Waals surface area contributed by atoms with Crippen molar-refractivity contribution in [2.75, 3.05) is 12.8 Å². The molecule has 9 nitrogen and oxygen atoms in total. The quantitative estimate of drug-likeness (QED) is 0.558. The van der Waals surface area contributed by atoms with Crippen molar-refractivity contribution in [2.24, 2.45) is 0 Å². The fraction of sp³-hybridized carbons (Fsp3) is 0.476. The third kappa shape index (κ3) is 4.90. The van der Waals surface area contributed by atoms with Gasteiger partial charge in [0.05, 0.1) is 10.4 Å². The van der Waals surface area contributed by atoms with Gasteiger partial charge in [0.15, 0.2) is 9.84 Å². The molecule has 2 aliphatic rings. The number of sulfone groups is 1. The Labute approximate surface area is 180 Å². The van der Waals surface area contributed by atoms with Crippen molar-refractivity contribution in [3.63, 3.8) is 0 Å². The predicted octanol–water partition coefficient (Wildman–Crippen LogP) is 1.54. The summed E-state index contributed by atoms with van der Waals surface area (Å²) in [6.07, 6.45) is 5.36. The van der Waals surface area contributed by atoms with Gasteiger partial charge in [-0.25, -0.2) is 8.42 Å². The van der Waals surface area contributed by atoms with Crippen LogP contribution in [0.1, 0.15) is 44.1 Å². The van der Waals surface area contributed by atoms with E-state index in [1.165, 1.54) is 12.1 Å². The fourth-order valence-electron chi connectivity index (χ4n) is 4.36. The first-order chi connectivity index (χ1) is 14.5. The molecular formula is C21H26N2O7S. The van der Waals surface area contributed by atoms with E-state index in [1.807, 2.05) is 0 Å². The van der Waals surface area contributed by atoms with Gasteiger partial charge >= 0.3 is 5.97 Å². The van der Waals surface area contributed by atoms with Gasteiger partial charge in [0, 0.05) is 19.2 Å². The topological polar surface area (TPSA) is 141 Å². The number of aliphatic hydroxyl groups excluding tert-OH is 1. The van der Waals surface area contributed by atoms with Crippen LogP contribution in [0, 0.1) is 0 Å². The first kappa shape index (κ1) is 22.8. The van der Waals surface area contributed by atoms with E-state index in [-0.39, 0.29) is 23.6 Å². The smallest absolute Gasteiger partial charge is 0.322 e. The summed E-state index contributed by atoms with van der Waals surface area (Å²) in [6, 6.07) is 6.20. The van der Waals surface area contributed by atoms with E-state index in [0.717, 1.165) is 25.5 Å². The maximum atomic E-state index is 13.3. The number of aliphatic carboxylic acids is 1. The van der Waals surface area contributed by atoms with Crippen LogP contribution in [0.25, 0.3) is 0 Å². The zero-order valence-electron chi connectivity index (χ0n) is 17.3. The molecule has 31 heavy (non-hydrogen) atoms. The highest BCUT2D eigenvalue weighted by molar-refractivity contribution is 7.90. The van der Waals surface area contributed by atoms with E-state index in [1.54, 1.807) is 17.0 Å². The van der Waals surface area contributed by atoms with E-state index in [2.05, 4.69) is 5.32 Å². The molecule has 3 rings (SSSR count). The Morgan fingerprint density at radius 2 is 1.74 bits per heavy atom.